The van der Waals surface area contributed by atoms with Gasteiger partial charge in [-0.25, -0.2) is 13.4 Å². The van der Waals surface area contributed by atoms with Crippen LogP contribution in [0, 0.1) is 5.41 Å². The minimum atomic E-state index is -3.30. The van der Waals surface area contributed by atoms with Crippen LogP contribution in [0.3, 0.4) is 0 Å². The Morgan fingerprint density at radius 3 is 2.04 bits per heavy atom. The van der Waals surface area contributed by atoms with Crippen LogP contribution >= 0.6 is 11.6 Å². The van der Waals surface area contributed by atoms with Crippen LogP contribution in [0.4, 0.5) is 0 Å². The molecule has 2 aromatic rings. The number of benzene rings is 1. The van der Waals surface area contributed by atoms with Crippen LogP contribution in [0.25, 0.3) is 11.1 Å². The molecule has 1 aromatic heterocycles. The zero-order valence-electron chi connectivity index (χ0n) is 14.6. The molecule has 0 unspecified atom stereocenters. The quantitative estimate of drug-likeness (QED) is 0.731. The Bertz CT molecular complexity index is 997. The third-order valence-electron chi connectivity index (χ3n) is 5.27. The summed E-state index contributed by atoms with van der Waals surface area (Å²) in [4.78, 5) is 4.17. The summed E-state index contributed by atoms with van der Waals surface area (Å²) in [5, 5.41) is 0.820. The number of pyridine rings is 1. The summed E-state index contributed by atoms with van der Waals surface area (Å²) in [5.41, 5.74) is 4.48. The lowest BCUT2D eigenvalue weighted by Crippen LogP contribution is -2.05. The van der Waals surface area contributed by atoms with Crippen molar-refractivity contribution in [1.29, 1.82) is 0 Å². The largest absolute Gasteiger partial charge is 0.244 e. The van der Waals surface area contributed by atoms with Gasteiger partial charge in [0.15, 0.2) is 14.9 Å². The van der Waals surface area contributed by atoms with Crippen molar-refractivity contribution in [3.63, 3.8) is 0 Å². The van der Waals surface area contributed by atoms with Gasteiger partial charge in [-0.15, -0.1) is 0 Å². The molecule has 5 heteroatoms. The highest BCUT2D eigenvalue weighted by Gasteiger charge is 2.36. The summed E-state index contributed by atoms with van der Waals surface area (Å²) in [7, 11) is -3.30. The van der Waals surface area contributed by atoms with E-state index in [-0.39, 0.29) is 10.4 Å². The second-order valence-corrected chi connectivity index (χ2v) is 9.62. The number of sulfone groups is 1. The van der Waals surface area contributed by atoms with Gasteiger partial charge in [-0.2, -0.15) is 0 Å². The van der Waals surface area contributed by atoms with Gasteiger partial charge >= 0.3 is 0 Å². The summed E-state index contributed by atoms with van der Waals surface area (Å²) >= 11 is 6.05. The van der Waals surface area contributed by atoms with E-state index >= 15 is 0 Å². The predicted molar refractivity (Wildman–Crippen MR) is 106 cm³/mol. The summed E-state index contributed by atoms with van der Waals surface area (Å²) in [6.45, 7) is 0. The molecule has 0 atom stereocenters. The summed E-state index contributed by atoms with van der Waals surface area (Å²) in [6, 6.07) is 11.3. The first kappa shape index (κ1) is 17.5. The normalized spacial score (nSPS) is 18.8. The van der Waals surface area contributed by atoms with Crippen molar-refractivity contribution in [2.45, 2.75) is 30.7 Å². The lowest BCUT2D eigenvalue weighted by Gasteiger charge is -2.16. The van der Waals surface area contributed by atoms with Gasteiger partial charge in [0.25, 0.3) is 0 Å². The molecule has 2 aliphatic rings. The fourth-order valence-electron chi connectivity index (χ4n) is 3.96. The van der Waals surface area contributed by atoms with E-state index in [2.05, 4.69) is 17.1 Å². The van der Waals surface area contributed by atoms with Crippen LogP contribution in [0.15, 0.2) is 59.8 Å². The summed E-state index contributed by atoms with van der Waals surface area (Å²) in [6.07, 6.45) is 12.4. The van der Waals surface area contributed by atoms with Crippen molar-refractivity contribution in [2.75, 3.05) is 6.26 Å². The maximum Gasteiger partial charge on any atom is 0.192 e. The van der Waals surface area contributed by atoms with Crippen molar-refractivity contribution in [3.8, 4) is 0 Å². The molecule has 3 nitrogen and oxygen atoms in total. The Morgan fingerprint density at radius 1 is 0.923 bits per heavy atom. The van der Waals surface area contributed by atoms with Gasteiger partial charge in [0.05, 0.1) is 0 Å². The zero-order valence-corrected chi connectivity index (χ0v) is 16.1. The van der Waals surface area contributed by atoms with Crippen LogP contribution in [0.2, 0.25) is 5.02 Å². The minimum Gasteiger partial charge on any atom is -0.244 e. The van der Waals surface area contributed by atoms with Crippen molar-refractivity contribution < 1.29 is 8.42 Å². The van der Waals surface area contributed by atoms with E-state index in [1.54, 1.807) is 12.3 Å². The average Bonchev–Trinajstić information content (AvgIpc) is 3.22. The standard InChI is InChI=1S/C21H20ClNO2S/c1-26(24,25)20-9-6-16(14-23-20)19-13-21(10-2-3-11-21)12-18(19)15-4-7-17(22)8-5-15/h4-9,12-14H,2-3,10-11H2,1H3. The summed E-state index contributed by atoms with van der Waals surface area (Å²) in [5.74, 6) is 0. The van der Waals surface area contributed by atoms with Gasteiger partial charge in [-0.05, 0) is 53.8 Å². The van der Waals surface area contributed by atoms with E-state index in [9.17, 15) is 8.42 Å². The van der Waals surface area contributed by atoms with E-state index < -0.39 is 9.84 Å². The number of rotatable bonds is 3. The van der Waals surface area contributed by atoms with Gasteiger partial charge in [-0.1, -0.05) is 48.7 Å². The highest BCUT2D eigenvalue weighted by atomic mass is 35.5. The van der Waals surface area contributed by atoms with Crippen LogP contribution in [0.5, 0.6) is 0 Å². The maximum atomic E-state index is 11.7. The Morgan fingerprint density at radius 2 is 1.50 bits per heavy atom. The maximum absolute atomic E-state index is 11.7. The van der Waals surface area contributed by atoms with Gasteiger partial charge in [0.1, 0.15) is 0 Å². The molecule has 0 radical (unpaired) electrons. The third-order valence-corrected chi connectivity index (χ3v) is 6.52. The molecule has 1 heterocycles. The Labute approximate surface area is 159 Å². The molecule has 0 saturated heterocycles. The molecule has 4 rings (SSSR count). The number of nitrogens with zero attached hydrogens (tertiary/aromatic N) is 1. The molecule has 0 bridgehead atoms. The molecule has 1 aromatic carbocycles. The number of hydrogen-bond acceptors (Lipinski definition) is 3. The third kappa shape index (κ3) is 3.24. The van der Waals surface area contributed by atoms with Crippen molar-refractivity contribution in [3.05, 3.63) is 70.9 Å². The van der Waals surface area contributed by atoms with E-state index in [0.29, 0.717) is 5.02 Å². The van der Waals surface area contributed by atoms with Crippen molar-refractivity contribution >= 4 is 32.6 Å². The van der Waals surface area contributed by atoms with E-state index in [0.717, 1.165) is 29.5 Å². The number of aromatic nitrogens is 1. The second-order valence-electron chi connectivity index (χ2n) is 7.22. The fourth-order valence-corrected chi connectivity index (χ4v) is 4.65. The molecular formula is C21H20ClNO2S. The average molecular weight is 386 g/mol. The first-order valence-corrected chi connectivity index (χ1v) is 11.0. The molecule has 26 heavy (non-hydrogen) atoms. The van der Waals surface area contributed by atoms with Gasteiger partial charge in [0.2, 0.25) is 0 Å². The Balaban J connectivity index is 1.79. The number of hydrogen-bond donors (Lipinski definition) is 0. The molecule has 1 spiro atoms. The minimum absolute atomic E-state index is 0.104. The molecule has 134 valence electrons. The Hall–Kier alpha value is -1.91. The van der Waals surface area contributed by atoms with Gasteiger partial charge < -0.3 is 0 Å². The second kappa shape index (κ2) is 6.36. The lowest BCUT2D eigenvalue weighted by molar-refractivity contribution is 0.523. The highest BCUT2D eigenvalue weighted by molar-refractivity contribution is 7.90. The molecule has 0 N–H and O–H groups in total. The van der Waals surface area contributed by atoms with Gasteiger partial charge in [-0.3, -0.25) is 0 Å². The monoisotopic (exact) mass is 385 g/mol. The number of halogens is 1. The van der Waals surface area contributed by atoms with Crippen molar-refractivity contribution in [2.24, 2.45) is 5.41 Å². The van der Waals surface area contributed by atoms with E-state index in [1.165, 1.54) is 24.7 Å². The fraction of sp³-hybridized carbons (Fsp3) is 0.286. The molecule has 1 saturated carbocycles. The zero-order chi connectivity index (χ0) is 18.4. The first-order chi connectivity index (χ1) is 12.4. The summed E-state index contributed by atoms with van der Waals surface area (Å²) < 4.78 is 23.4. The topological polar surface area (TPSA) is 47.0 Å². The van der Waals surface area contributed by atoms with Gasteiger partial charge in [0, 0.05) is 28.5 Å². The first-order valence-electron chi connectivity index (χ1n) is 8.75. The lowest BCUT2D eigenvalue weighted by atomic mass is 9.88. The number of allylic oxidation sites excluding steroid dienone is 4. The smallest absolute Gasteiger partial charge is 0.192 e. The highest BCUT2D eigenvalue weighted by Crippen LogP contribution is 2.51. The molecule has 0 amide bonds. The van der Waals surface area contributed by atoms with E-state index in [4.69, 9.17) is 11.6 Å². The SMILES string of the molecule is CS(=O)(=O)c1ccc(C2=CC3(C=C2c2ccc(Cl)cc2)CCCC3)cn1. The predicted octanol–water partition coefficient (Wildman–Crippen LogP) is 5.18. The molecular weight excluding hydrogens is 366 g/mol. The Kier molecular flexibility index (Phi) is 4.28. The van der Waals surface area contributed by atoms with Crippen LogP contribution in [-0.2, 0) is 9.84 Å². The van der Waals surface area contributed by atoms with Crippen molar-refractivity contribution in [1.82, 2.24) is 4.98 Å². The van der Waals surface area contributed by atoms with E-state index in [1.807, 2.05) is 30.3 Å². The van der Waals surface area contributed by atoms with Crippen LogP contribution in [-0.4, -0.2) is 19.7 Å². The van der Waals surface area contributed by atoms with Crippen LogP contribution in [0.1, 0.15) is 36.8 Å². The van der Waals surface area contributed by atoms with Crippen LogP contribution < -0.4 is 0 Å². The molecule has 2 aliphatic carbocycles. The molecule has 1 fully saturated rings. The molecule has 0 aliphatic heterocycles.